The van der Waals surface area contributed by atoms with Crippen molar-refractivity contribution in [1.82, 2.24) is 0 Å². The van der Waals surface area contributed by atoms with Crippen molar-refractivity contribution in [3.8, 4) is 0 Å². The maximum Gasteiger partial charge on any atom is 0.228 e. The minimum absolute atomic E-state index is 0.0442. The lowest BCUT2D eigenvalue weighted by atomic mass is 10.1. The van der Waals surface area contributed by atoms with Crippen molar-refractivity contribution in [1.29, 1.82) is 0 Å². The van der Waals surface area contributed by atoms with E-state index >= 15 is 0 Å². The number of carbonyl (C=O) groups is 3. The van der Waals surface area contributed by atoms with Crippen LogP contribution in [0.4, 0.5) is 17.1 Å². The molecule has 150 valence electrons. The van der Waals surface area contributed by atoms with Crippen LogP contribution in [0.2, 0.25) is 0 Å². The number of rotatable bonds is 6. The van der Waals surface area contributed by atoms with Crippen LogP contribution in [0.3, 0.4) is 0 Å². The van der Waals surface area contributed by atoms with Crippen LogP contribution in [0.15, 0.2) is 42.5 Å². The fourth-order valence-corrected chi connectivity index (χ4v) is 3.52. The lowest BCUT2D eigenvalue weighted by molar-refractivity contribution is -0.118. The van der Waals surface area contributed by atoms with E-state index in [2.05, 4.69) is 10.6 Å². The highest BCUT2D eigenvalue weighted by atomic mass is 16.2. The van der Waals surface area contributed by atoms with Crippen molar-refractivity contribution in [2.75, 3.05) is 22.1 Å². The molecule has 0 aromatic heterocycles. The summed E-state index contributed by atoms with van der Waals surface area (Å²) in [5.41, 5.74) is 4.09. The van der Waals surface area contributed by atoms with Gasteiger partial charge < -0.3 is 15.5 Å². The maximum absolute atomic E-state index is 12.5. The van der Waals surface area contributed by atoms with Crippen LogP contribution in [-0.2, 0) is 20.8 Å². The Morgan fingerprint density at radius 1 is 1.07 bits per heavy atom. The number of hydrogen-bond donors (Lipinski definition) is 2. The Hall–Kier alpha value is -3.15. The molecule has 1 heterocycles. The van der Waals surface area contributed by atoms with Gasteiger partial charge in [0, 0.05) is 35.9 Å². The minimum atomic E-state index is -0.122. The number of carbonyl (C=O) groups excluding carboxylic acids is 3. The minimum Gasteiger partial charge on any atom is -0.326 e. The molecule has 2 aromatic rings. The van der Waals surface area contributed by atoms with E-state index in [-0.39, 0.29) is 30.1 Å². The van der Waals surface area contributed by atoms with Gasteiger partial charge in [-0.15, -0.1) is 0 Å². The molecule has 6 nitrogen and oxygen atoms in total. The third-order valence-corrected chi connectivity index (χ3v) is 5.41. The van der Waals surface area contributed by atoms with Crippen LogP contribution in [0.5, 0.6) is 0 Å². The molecule has 1 saturated carbocycles. The number of nitrogens with zero attached hydrogens (tertiary/aromatic N) is 1. The molecule has 4 rings (SSSR count). The van der Waals surface area contributed by atoms with E-state index < -0.39 is 0 Å². The number of benzene rings is 2. The summed E-state index contributed by atoms with van der Waals surface area (Å²) in [4.78, 5) is 38.1. The average Bonchev–Trinajstić information content (AvgIpc) is 3.47. The second kappa shape index (κ2) is 8.07. The molecular formula is C23H25N3O3. The van der Waals surface area contributed by atoms with Gasteiger partial charge in [0.05, 0.1) is 6.42 Å². The Morgan fingerprint density at radius 2 is 1.83 bits per heavy atom. The molecule has 2 aliphatic rings. The van der Waals surface area contributed by atoms with Crippen molar-refractivity contribution < 1.29 is 14.4 Å². The van der Waals surface area contributed by atoms with Gasteiger partial charge in [-0.3, -0.25) is 14.4 Å². The van der Waals surface area contributed by atoms with E-state index in [4.69, 9.17) is 0 Å². The maximum atomic E-state index is 12.5. The summed E-state index contributed by atoms with van der Waals surface area (Å²) in [5, 5.41) is 5.85. The second-order valence-corrected chi connectivity index (χ2v) is 7.83. The van der Waals surface area contributed by atoms with E-state index in [9.17, 15) is 14.4 Å². The first-order valence-corrected chi connectivity index (χ1v) is 10.1. The van der Waals surface area contributed by atoms with Crippen LogP contribution >= 0.6 is 0 Å². The fraction of sp³-hybridized carbons (Fsp3) is 0.348. The van der Waals surface area contributed by atoms with E-state index in [1.165, 1.54) is 0 Å². The third kappa shape index (κ3) is 4.65. The van der Waals surface area contributed by atoms with Gasteiger partial charge in [-0.2, -0.15) is 0 Å². The summed E-state index contributed by atoms with van der Waals surface area (Å²) < 4.78 is 0. The van der Waals surface area contributed by atoms with Gasteiger partial charge in [-0.05, 0) is 61.6 Å². The normalized spacial score (nSPS) is 16.0. The average molecular weight is 391 g/mol. The topological polar surface area (TPSA) is 78.5 Å². The zero-order valence-electron chi connectivity index (χ0n) is 16.5. The molecule has 2 fully saturated rings. The summed E-state index contributed by atoms with van der Waals surface area (Å²) in [7, 11) is 0. The largest absolute Gasteiger partial charge is 0.326 e. The second-order valence-electron chi connectivity index (χ2n) is 7.83. The molecule has 2 aromatic carbocycles. The molecule has 1 aliphatic heterocycles. The molecule has 0 bridgehead atoms. The Labute approximate surface area is 170 Å². The molecule has 6 heteroatoms. The molecule has 1 saturated heterocycles. The van der Waals surface area contributed by atoms with E-state index in [0.29, 0.717) is 17.8 Å². The third-order valence-electron chi connectivity index (χ3n) is 5.41. The molecule has 0 spiro atoms. The van der Waals surface area contributed by atoms with E-state index in [1.54, 1.807) is 11.0 Å². The lowest BCUT2D eigenvalue weighted by Crippen LogP contribution is -2.23. The standard InChI is InChI=1S/C23H25N3O3/c1-15-4-9-18(24-23(29)17-7-8-17)14-20(15)25-21(27)13-16-5-10-19(11-6-16)26-12-2-3-22(26)28/h4-6,9-11,14,17H,2-3,7-8,12-13H2,1H3,(H,24,29)(H,25,27). The van der Waals surface area contributed by atoms with Crippen LogP contribution < -0.4 is 15.5 Å². The Kier molecular flexibility index (Phi) is 5.34. The van der Waals surface area contributed by atoms with Gasteiger partial charge in [0.2, 0.25) is 17.7 Å². The first-order chi connectivity index (χ1) is 14.0. The number of amides is 3. The highest BCUT2D eigenvalue weighted by molar-refractivity contribution is 5.97. The number of aryl methyl sites for hydroxylation is 1. The van der Waals surface area contributed by atoms with Gasteiger partial charge in [0.1, 0.15) is 0 Å². The van der Waals surface area contributed by atoms with Crippen LogP contribution in [0.1, 0.15) is 36.8 Å². The summed E-state index contributed by atoms with van der Waals surface area (Å²) >= 11 is 0. The first kappa shape index (κ1) is 19.2. The Balaban J connectivity index is 1.37. The quantitative estimate of drug-likeness (QED) is 0.789. The summed E-state index contributed by atoms with van der Waals surface area (Å²) in [5.74, 6) is 0.208. The number of nitrogens with one attached hydrogen (secondary N) is 2. The van der Waals surface area contributed by atoms with Gasteiger partial charge in [-0.25, -0.2) is 0 Å². The van der Waals surface area contributed by atoms with Gasteiger partial charge >= 0.3 is 0 Å². The van der Waals surface area contributed by atoms with Gasteiger partial charge in [-0.1, -0.05) is 18.2 Å². The molecule has 0 radical (unpaired) electrons. The molecule has 2 N–H and O–H groups in total. The summed E-state index contributed by atoms with van der Waals surface area (Å²) in [6.45, 7) is 2.68. The van der Waals surface area contributed by atoms with Crippen molar-refractivity contribution in [2.24, 2.45) is 5.92 Å². The zero-order chi connectivity index (χ0) is 20.4. The van der Waals surface area contributed by atoms with Crippen molar-refractivity contribution >= 4 is 34.8 Å². The Bertz CT molecular complexity index is 948. The zero-order valence-corrected chi connectivity index (χ0v) is 16.5. The van der Waals surface area contributed by atoms with Crippen LogP contribution in [0.25, 0.3) is 0 Å². The molecule has 0 atom stereocenters. The number of hydrogen-bond acceptors (Lipinski definition) is 3. The molecule has 1 aliphatic carbocycles. The molecular weight excluding hydrogens is 366 g/mol. The molecule has 0 unspecified atom stereocenters. The smallest absolute Gasteiger partial charge is 0.228 e. The van der Waals surface area contributed by atoms with E-state index in [0.717, 1.165) is 42.6 Å². The van der Waals surface area contributed by atoms with Crippen LogP contribution in [-0.4, -0.2) is 24.3 Å². The molecule has 29 heavy (non-hydrogen) atoms. The molecule has 3 amide bonds. The Morgan fingerprint density at radius 3 is 2.48 bits per heavy atom. The SMILES string of the molecule is Cc1ccc(NC(=O)C2CC2)cc1NC(=O)Cc1ccc(N2CCCC2=O)cc1. The highest BCUT2D eigenvalue weighted by Crippen LogP contribution is 2.31. The van der Waals surface area contributed by atoms with Crippen molar-refractivity contribution in [3.05, 3.63) is 53.6 Å². The summed E-state index contributed by atoms with van der Waals surface area (Å²) in [6.07, 6.45) is 3.64. The van der Waals surface area contributed by atoms with E-state index in [1.807, 2.05) is 43.3 Å². The van der Waals surface area contributed by atoms with Crippen LogP contribution in [0, 0.1) is 12.8 Å². The van der Waals surface area contributed by atoms with Crippen molar-refractivity contribution in [3.63, 3.8) is 0 Å². The summed E-state index contributed by atoms with van der Waals surface area (Å²) in [6, 6.07) is 13.1. The predicted molar refractivity (Wildman–Crippen MR) is 113 cm³/mol. The monoisotopic (exact) mass is 391 g/mol. The fourth-order valence-electron chi connectivity index (χ4n) is 3.52. The number of anilines is 3. The highest BCUT2D eigenvalue weighted by Gasteiger charge is 2.29. The predicted octanol–water partition coefficient (Wildman–Crippen LogP) is 3.65. The first-order valence-electron chi connectivity index (χ1n) is 10.1. The van der Waals surface area contributed by atoms with Crippen molar-refractivity contribution in [2.45, 2.75) is 39.0 Å². The lowest BCUT2D eigenvalue weighted by Gasteiger charge is -2.16. The van der Waals surface area contributed by atoms with Gasteiger partial charge in [0.25, 0.3) is 0 Å². The van der Waals surface area contributed by atoms with Gasteiger partial charge in [0.15, 0.2) is 0 Å².